The predicted octanol–water partition coefficient (Wildman–Crippen LogP) is -0.699. The number of imide groups is 1. The molecule has 1 aromatic heterocycles. The van der Waals surface area contributed by atoms with E-state index in [4.69, 9.17) is 0 Å². The van der Waals surface area contributed by atoms with Gasteiger partial charge in [0.1, 0.15) is 6.54 Å². The molecule has 104 valence electrons. The Morgan fingerprint density at radius 3 is 2.79 bits per heavy atom. The average Bonchev–Trinajstić information content (AvgIpc) is 2.83. The molecule has 0 atom stereocenters. The molecular formula is C10H15N5O4. The van der Waals surface area contributed by atoms with Crippen LogP contribution in [0.15, 0.2) is 6.20 Å². The van der Waals surface area contributed by atoms with Gasteiger partial charge in [-0.1, -0.05) is 12.1 Å². The number of hydrogen-bond donors (Lipinski definition) is 2. The SMILES string of the molecule is CCCNC(=O)NC(=O)Cn1cc(C(=O)OC)nn1. The maximum atomic E-state index is 11.5. The number of hydrogen-bond acceptors (Lipinski definition) is 6. The zero-order valence-electron chi connectivity index (χ0n) is 10.7. The van der Waals surface area contributed by atoms with Crippen LogP contribution in [0.5, 0.6) is 0 Å². The molecule has 3 amide bonds. The molecule has 2 N–H and O–H groups in total. The van der Waals surface area contributed by atoms with E-state index in [0.717, 1.165) is 11.1 Å². The molecule has 0 radical (unpaired) electrons. The lowest BCUT2D eigenvalue weighted by molar-refractivity contribution is -0.120. The van der Waals surface area contributed by atoms with Crippen molar-refractivity contribution in [2.45, 2.75) is 19.9 Å². The summed E-state index contributed by atoms with van der Waals surface area (Å²) in [5.74, 6) is -1.21. The average molecular weight is 269 g/mol. The summed E-state index contributed by atoms with van der Waals surface area (Å²) in [6.45, 7) is 2.16. The minimum atomic E-state index is -0.646. The van der Waals surface area contributed by atoms with Crippen LogP contribution in [0.2, 0.25) is 0 Å². The van der Waals surface area contributed by atoms with E-state index in [9.17, 15) is 14.4 Å². The van der Waals surface area contributed by atoms with E-state index in [0.29, 0.717) is 6.54 Å². The van der Waals surface area contributed by atoms with Crippen molar-refractivity contribution in [2.24, 2.45) is 0 Å². The summed E-state index contributed by atoms with van der Waals surface area (Å²) < 4.78 is 5.58. The zero-order valence-corrected chi connectivity index (χ0v) is 10.7. The summed E-state index contributed by atoms with van der Waals surface area (Å²) in [6, 6.07) is -0.569. The Bertz CT molecular complexity index is 470. The summed E-state index contributed by atoms with van der Waals surface area (Å²) in [5, 5.41) is 11.7. The number of nitrogens with zero attached hydrogens (tertiary/aromatic N) is 3. The first kappa shape index (κ1) is 14.6. The number of aromatic nitrogens is 3. The van der Waals surface area contributed by atoms with E-state index in [1.807, 2.05) is 6.92 Å². The van der Waals surface area contributed by atoms with Crippen LogP contribution in [0.25, 0.3) is 0 Å². The number of carbonyl (C=O) groups excluding carboxylic acids is 3. The smallest absolute Gasteiger partial charge is 0.360 e. The number of carbonyl (C=O) groups is 3. The van der Waals surface area contributed by atoms with Crippen molar-refractivity contribution in [3.63, 3.8) is 0 Å². The fourth-order valence-corrected chi connectivity index (χ4v) is 1.17. The highest BCUT2D eigenvalue weighted by atomic mass is 16.5. The number of ether oxygens (including phenoxy) is 1. The number of amides is 3. The molecule has 0 bridgehead atoms. The summed E-state index contributed by atoms with van der Waals surface area (Å²) >= 11 is 0. The van der Waals surface area contributed by atoms with Crippen molar-refractivity contribution in [3.05, 3.63) is 11.9 Å². The second kappa shape index (κ2) is 7.09. The summed E-state index contributed by atoms with van der Waals surface area (Å²) in [6.07, 6.45) is 2.03. The highest BCUT2D eigenvalue weighted by molar-refractivity contribution is 5.94. The lowest BCUT2D eigenvalue weighted by atomic mass is 10.5. The van der Waals surface area contributed by atoms with Crippen LogP contribution in [0.1, 0.15) is 23.8 Å². The van der Waals surface area contributed by atoms with Crippen LogP contribution in [-0.4, -0.2) is 46.6 Å². The van der Waals surface area contributed by atoms with Gasteiger partial charge in [-0.15, -0.1) is 5.10 Å². The second-order valence-corrected chi connectivity index (χ2v) is 3.60. The molecular weight excluding hydrogens is 254 g/mol. The van der Waals surface area contributed by atoms with Gasteiger partial charge >= 0.3 is 12.0 Å². The van der Waals surface area contributed by atoms with Crippen LogP contribution >= 0.6 is 0 Å². The number of nitrogens with one attached hydrogen (secondary N) is 2. The number of methoxy groups -OCH3 is 1. The molecule has 9 nitrogen and oxygen atoms in total. The van der Waals surface area contributed by atoms with Crippen LogP contribution in [0, 0.1) is 0 Å². The molecule has 0 unspecified atom stereocenters. The van der Waals surface area contributed by atoms with E-state index in [2.05, 4.69) is 25.7 Å². The monoisotopic (exact) mass is 269 g/mol. The Morgan fingerprint density at radius 2 is 2.16 bits per heavy atom. The molecule has 0 aliphatic heterocycles. The predicted molar refractivity (Wildman–Crippen MR) is 63.2 cm³/mol. The third-order valence-electron chi connectivity index (χ3n) is 2.03. The molecule has 0 aromatic carbocycles. The third kappa shape index (κ3) is 4.74. The summed E-state index contributed by atoms with van der Waals surface area (Å²) in [7, 11) is 1.21. The Kier molecular flexibility index (Phi) is 5.45. The lowest BCUT2D eigenvalue weighted by Crippen LogP contribution is -2.41. The number of esters is 1. The van der Waals surface area contributed by atoms with Crippen molar-refractivity contribution in [1.82, 2.24) is 25.6 Å². The molecule has 0 saturated heterocycles. The van der Waals surface area contributed by atoms with Gasteiger partial charge in [0.25, 0.3) is 0 Å². The van der Waals surface area contributed by atoms with Crippen molar-refractivity contribution < 1.29 is 19.1 Å². The summed E-state index contributed by atoms with van der Waals surface area (Å²) in [4.78, 5) is 33.8. The van der Waals surface area contributed by atoms with Crippen molar-refractivity contribution >= 4 is 17.9 Å². The fourth-order valence-electron chi connectivity index (χ4n) is 1.17. The highest BCUT2D eigenvalue weighted by Gasteiger charge is 2.13. The molecule has 1 rings (SSSR count). The minimum Gasteiger partial charge on any atom is -0.464 e. The molecule has 9 heteroatoms. The molecule has 0 fully saturated rings. The molecule has 0 saturated carbocycles. The van der Waals surface area contributed by atoms with E-state index >= 15 is 0 Å². The van der Waals surface area contributed by atoms with Gasteiger partial charge in [-0.05, 0) is 6.42 Å². The van der Waals surface area contributed by atoms with E-state index in [-0.39, 0.29) is 12.2 Å². The van der Waals surface area contributed by atoms with Crippen LogP contribution in [0.3, 0.4) is 0 Å². The first-order valence-electron chi connectivity index (χ1n) is 5.63. The first-order valence-corrected chi connectivity index (χ1v) is 5.63. The maximum Gasteiger partial charge on any atom is 0.360 e. The highest BCUT2D eigenvalue weighted by Crippen LogP contribution is 1.95. The quantitative estimate of drug-likeness (QED) is 0.683. The van der Waals surface area contributed by atoms with Gasteiger partial charge in [0.2, 0.25) is 5.91 Å². The molecule has 0 aliphatic rings. The Morgan fingerprint density at radius 1 is 1.42 bits per heavy atom. The van der Waals surface area contributed by atoms with E-state index < -0.39 is 17.9 Å². The van der Waals surface area contributed by atoms with Crippen LogP contribution in [0.4, 0.5) is 4.79 Å². The second-order valence-electron chi connectivity index (χ2n) is 3.60. The van der Waals surface area contributed by atoms with Gasteiger partial charge in [-0.3, -0.25) is 10.1 Å². The molecule has 1 heterocycles. The standard InChI is InChI=1S/C10H15N5O4/c1-3-4-11-10(18)12-8(16)6-15-5-7(13-14-15)9(17)19-2/h5H,3-4,6H2,1-2H3,(H2,11,12,16,18). The Labute approximate surface area is 109 Å². The number of urea groups is 1. The molecule has 1 aromatic rings. The Hall–Kier alpha value is -2.45. The topological polar surface area (TPSA) is 115 Å². The minimum absolute atomic E-state index is 0.00858. The van der Waals surface area contributed by atoms with Crippen molar-refractivity contribution in [2.75, 3.05) is 13.7 Å². The van der Waals surface area contributed by atoms with E-state index in [1.54, 1.807) is 0 Å². The first-order chi connectivity index (χ1) is 9.06. The fraction of sp³-hybridized carbons (Fsp3) is 0.500. The van der Waals surface area contributed by atoms with Gasteiger partial charge in [-0.25, -0.2) is 14.3 Å². The maximum absolute atomic E-state index is 11.5. The van der Waals surface area contributed by atoms with E-state index in [1.165, 1.54) is 13.3 Å². The number of rotatable bonds is 5. The van der Waals surface area contributed by atoms with Crippen molar-refractivity contribution in [3.8, 4) is 0 Å². The van der Waals surface area contributed by atoms with Gasteiger partial charge in [0.05, 0.1) is 13.3 Å². The van der Waals surface area contributed by atoms with Gasteiger partial charge < -0.3 is 10.1 Å². The van der Waals surface area contributed by atoms with Gasteiger partial charge in [-0.2, -0.15) is 0 Å². The Balaban J connectivity index is 2.46. The van der Waals surface area contributed by atoms with Gasteiger partial charge in [0, 0.05) is 6.54 Å². The zero-order chi connectivity index (χ0) is 14.3. The van der Waals surface area contributed by atoms with Crippen LogP contribution < -0.4 is 10.6 Å². The largest absolute Gasteiger partial charge is 0.464 e. The van der Waals surface area contributed by atoms with Gasteiger partial charge in [0.15, 0.2) is 5.69 Å². The summed E-state index contributed by atoms with van der Waals surface area (Å²) in [5.41, 5.74) is -0.00858. The molecule has 19 heavy (non-hydrogen) atoms. The lowest BCUT2D eigenvalue weighted by Gasteiger charge is -2.04. The molecule has 0 aliphatic carbocycles. The van der Waals surface area contributed by atoms with Crippen molar-refractivity contribution in [1.29, 1.82) is 0 Å². The molecule has 0 spiro atoms. The van der Waals surface area contributed by atoms with Crippen LogP contribution in [-0.2, 0) is 16.1 Å². The third-order valence-corrected chi connectivity index (χ3v) is 2.03. The normalized spacial score (nSPS) is 9.79.